The van der Waals surface area contributed by atoms with E-state index in [4.69, 9.17) is 5.11 Å². The summed E-state index contributed by atoms with van der Waals surface area (Å²) in [5.74, 6) is 1.02. The average molecular weight is 306 g/mol. The third kappa shape index (κ3) is 5.18. The van der Waals surface area contributed by atoms with Crippen molar-refractivity contribution in [2.75, 3.05) is 24.6 Å². The molecule has 0 unspecified atom stereocenters. The quantitative estimate of drug-likeness (QED) is 0.773. The van der Waals surface area contributed by atoms with Gasteiger partial charge in [0.25, 0.3) is 0 Å². The summed E-state index contributed by atoms with van der Waals surface area (Å²) in [7, 11) is 0. The van der Waals surface area contributed by atoms with Crippen molar-refractivity contribution in [3.63, 3.8) is 0 Å². The number of urea groups is 1. The molecule has 22 heavy (non-hydrogen) atoms. The van der Waals surface area contributed by atoms with Gasteiger partial charge in [0.15, 0.2) is 0 Å². The molecule has 1 saturated heterocycles. The average Bonchev–Trinajstić information content (AvgIpc) is 2.82. The molecule has 122 valence electrons. The monoisotopic (exact) mass is 306 g/mol. The zero-order valence-corrected chi connectivity index (χ0v) is 13.2. The van der Waals surface area contributed by atoms with Crippen LogP contribution < -0.4 is 15.5 Å². The second-order valence-electron chi connectivity index (χ2n) is 5.84. The van der Waals surface area contributed by atoms with Crippen LogP contribution >= 0.6 is 0 Å². The Hall–Kier alpha value is -1.82. The maximum absolute atomic E-state index is 11.6. The molecule has 1 aromatic heterocycles. The fourth-order valence-electron chi connectivity index (χ4n) is 2.51. The van der Waals surface area contributed by atoms with Crippen molar-refractivity contribution in [1.29, 1.82) is 0 Å². The van der Waals surface area contributed by atoms with Gasteiger partial charge >= 0.3 is 6.03 Å². The Morgan fingerprint density at radius 1 is 1.32 bits per heavy atom. The first-order valence-corrected chi connectivity index (χ1v) is 8.04. The lowest BCUT2D eigenvalue weighted by molar-refractivity contribution is 0.220. The number of carbonyl (C=O) groups is 1. The Kier molecular flexibility index (Phi) is 6.45. The largest absolute Gasteiger partial charge is 0.394 e. The summed E-state index contributed by atoms with van der Waals surface area (Å²) in [5, 5.41) is 14.3. The Morgan fingerprint density at radius 3 is 2.64 bits per heavy atom. The fraction of sp³-hybridized carbons (Fsp3) is 0.625. The lowest BCUT2D eigenvalue weighted by Crippen LogP contribution is -2.41. The minimum absolute atomic E-state index is 0.0699. The Labute approximate surface area is 131 Å². The van der Waals surface area contributed by atoms with Crippen molar-refractivity contribution in [2.45, 2.75) is 45.2 Å². The molecule has 0 radical (unpaired) electrons. The summed E-state index contributed by atoms with van der Waals surface area (Å²) in [5.41, 5.74) is 0.963. The summed E-state index contributed by atoms with van der Waals surface area (Å²) in [6, 6.07) is 3.50. The molecule has 6 nitrogen and oxygen atoms in total. The van der Waals surface area contributed by atoms with Crippen molar-refractivity contribution in [3.05, 3.63) is 23.9 Å². The van der Waals surface area contributed by atoms with E-state index in [0.29, 0.717) is 6.54 Å². The number of pyridine rings is 1. The van der Waals surface area contributed by atoms with E-state index >= 15 is 0 Å². The predicted octanol–water partition coefficient (Wildman–Crippen LogP) is 1.64. The molecule has 2 amide bonds. The number of nitrogens with zero attached hydrogens (tertiary/aromatic N) is 2. The number of amides is 2. The van der Waals surface area contributed by atoms with E-state index in [1.807, 2.05) is 18.3 Å². The van der Waals surface area contributed by atoms with Gasteiger partial charge in [-0.05, 0) is 31.4 Å². The van der Waals surface area contributed by atoms with Crippen LogP contribution in [-0.2, 0) is 6.54 Å². The van der Waals surface area contributed by atoms with Gasteiger partial charge in [-0.15, -0.1) is 0 Å². The Balaban J connectivity index is 1.82. The summed E-state index contributed by atoms with van der Waals surface area (Å²) >= 11 is 0. The molecule has 1 aromatic rings. The molecule has 0 aliphatic carbocycles. The molecule has 0 bridgehead atoms. The van der Waals surface area contributed by atoms with Crippen molar-refractivity contribution < 1.29 is 9.90 Å². The summed E-state index contributed by atoms with van der Waals surface area (Å²) in [6.07, 6.45) is 6.89. The molecule has 0 spiro atoms. The number of carbonyl (C=O) groups excluding carboxylic acids is 1. The number of aliphatic hydroxyl groups excluding tert-OH is 1. The SMILES string of the molecule is C[C@@H](CO)NC(=O)NCc1ccc(N2CCCCCC2)nc1. The van der Waals surface area contributed by atoms with E-state index in [2.05, 4.69) is 20.5 Å². The highest BCUT2D eigenvalue weighted by Gasteiger charge is 2.11. The smallest absolute Gasteiger partial charge is 0.315 e. The van der Waals surface area contributed by atoms with Gasteiger partial charge in [0, 0.05) is 25.8 Å². The normalized spacial score (nSPS) is 16.7. The van der Waals surface area contributed by atoms with Crippen molar-refractivity contribution in [3.8, 4) is 0 Å². The van der Waals surface area contributed by atoms with Crippen LogP contribution in [0.2, 0.25) is 0 Å². The number of aliphatic hydroxyl groups is 1. The van der Waals surface area contributed by atoms with Crippen LogP contribution in [0.15, 0.2) is 18.3 Å². The minimum atomic E-state index is -0.279. The van der Waals surface area contributed by atoms with Crippen LogP contribution in [0.3, 0.4) is 0 Å². The molecule has 1 aliphatic rings. The lowest BCUT2D eigenvalue weighted by atomic mass is 10.2. The van der Waals surface area contributed by atoms with Crippen LogP contribution in [0.5, 0.6) is 0 Å². The first-order valence-electron chi connectivity index (χ1n) is 8.04. The Bertz CT molecular complexity index is 456. The first-order chi connectivity index (χ1) is 10.7. The zero-order valence-electron chi connectivity index (χ0n) is 13.2. The number of hydrogen-bond donors (Lipinski definition) is 3. The lowest BCUT2D eigenvalue weighted by Gasteiger charge is -2.21. The molecular weight excluding hydrogens is 280 g/mol. The molecular formula is C16H26N4O2. The summed E-state index contributed by atoms with van der Waals surface area (Å²) in [4.78, 5) is 18.4. The highest BCUT2D eigenvalue weighted by atomic mass is 16.3. The molecule has 6 heteroatoms. The minimum Gasteiger partial charge on any atom is -0.394 e. The van der Waals surface area contributed by atoms with Crippen LogP contribution in [-0.4, -0.2) is 41.9 Å². The molecule has 1 atom stereocenters. The van der Waals surface area contributed by atoms with Gasteiger partial charge in [0.1, 0.15) is 5.82 Å². The zero-order chi connectivity index (χ0) is 15.8. The van der Waals surface area contributed by atoms with Crippen LogP contribution in [0.4, 0.5) is 10.6 Å². The number of aromatic nitrogens is 1. The van der Waals surface area contributed by atoms with E-state index in [1.54, 1.807) is 6.92 Å². The van der Waals surface area contributed by atoms with E-state index < -0.39 is 0 Å². The predicted molar refractivity (Wildman–Crippen MR) is 86.8 cm³/mol. The number of rotatable bonds is 5. The van der Waals surface area contributed by atoms with E-state index in [1.165, 1.54) is 25.7 Å². The van der Waals surface area contributed by atoms with Gasteiger partial charge < -0.3 is 20.6 Å². The number of nitrogens with one attached hydrogen (secondary N) is 2. The third-order valence-corrected chi connectivity index (χ3v) is 3.84. The van der Waals surface area contributed by atoms with E-state index in [0.717, 1.165) is 24.5 Å². The molecule has 0 aromatic carbocycles. The summed E-state index contributed by atoms with van der Waals surface area (Å²) in [6.45, 7) is 4.26. The molecule has 1 fully saturated rings. The molecule has 2 heterocycles. The van der Waals surface area contributed by atoms with Gasteiger partial charge in [0.2, 0.25) is 0 Å². The summed E-state index contributed by atoms with van der Waals surface area (Å²) < 4.78 is 0. The van der Waals surface area contributed by atoms with Crippen molar-refractivity contribution in [1.82, 2.24) is 15.6 Å². The van der Waals surface area contributed by atoms with Crippen LogP contribution in [0.25, 0.3) is 0 Å². The number of anilines is 1. The Morgan fingerprint density at radius 2 is 2.05 bits per heavy atom. The van der Waals surface area contributed by atoms with Gasteiger partial charge in [-0.3, -0.25) is 0 Å². The highest BCUT2D eigenvalue weighted by Crippen LogP contribution is 2.17. The second kappa shape index (κ2) is 8.58. The van der Waals surface area contributed by atoms with Gasteiger partial charge in [-0.2, -0.15) is 0 Å². The van der Waals surface area contributed by atoms with Gasteiger partial charge in [0.05, 0.1) is 12.6 Å². The standard InChI is InChI=1S/C16H26N4O2/c1-13(12-21)19-16(22)18-11-14-6-7-15(17-10-14)20-8-4-2-3-5-9-20/h6-7,10,13,21H,2-5,8-9,11-12H2,1H3,(H2,18,19,22)/t13-/m0/s1. The third-order valence-electron chi connectivity index (χ3n) is 3.84. The van der Waals surface area contributed by atoms with Crippen LogP contribution in [0, 0.1) is 0 Å². The molecule has 1 aliphatic heterocycles. The topological polar surface area (TPSA) is 77.5 Å². The maximum atomic E-state index is 11.6. The van der Waals surface area contributed by atoms with E-state index in [-0.39, 0.29) is 18.7 Å². The maximum Gasteiger partial charge on any atom is 0.315 e. The molecule has 2 rings (SSSR count). The van der Waals surface area contributed by atoms with Gasteiger partial charge in [-0.25, -0.2) is 9.78 Å². The number of hydrogen-bond acceptors (Lipinski definition) is 4. The van der Waals surface area contributed by atoms with Crippen molar-refractivity contribution in [2.24, 2.45) is 0 Å². The van der Waals surface area contributed by atoms with Crippen molar-refractivity contribution >= 4 is 11.8 Å². The molecule has 0 saturated carbocycles. The molecule has 3 N–H and O–H groups in total. The van der Waals surface area contributed by atoms with Gasteiger partial charge in [-0.1, -0.05) is 18.9 Å². The van der Waals surface area contributed by atoms with E-state index in [9.17, 15) is 4.79 Å². The first kappa shape index (κ1) is 16.5. The second-order valence-corrected chi connectivity index (χ2v) is 5.84. The van der Waals surface area contributed by atoms with Crippen LogP contribution in [0.1, 0.15) is 38.2 Å². The highest BCUT2D eigenvalue weighted by molar-refractivity contribution is 5.74. The fourth-order valence-corrected chi connectivity index (χ4v) is 2.51.